The van der Waals surface area contributed by atoms with Crippen molar-refractivity contribution >= 4 is 250 Å². The van der Waals surface area contributed by atoms with Crippen LogP contribution in [0.1, 0.15) is 0 Å². The Kier molecular flexibility index (Phi) is 17.9. The maximum absolute atomic E-state index is 8.72. The fourth-order valence-corrected chi connectivity index (χ4v) is 5.76. The molecule has 0 aliphatic carbocycles. The third kappa shape index (κ3) is 10.1. The first-order chi connectivity index (χ1) is 15.9. The van der Waals surface area contributed by atoms with Gasteiger partial charge in [-0.3, -0.25) is 7.06 Å². The van der Waals surface area contributed by atoms with Gasteiger partial charge in [-0.2, -0.15) is 0 Å². The number of hydrogen-bond donors (Lipinski definition) is 1. The fourth-order valence-electron chi connectivity index (χ4n) is 5.02. The van der Waals surface area contributed by atoms with Crippen molar-refractivity contribution in [1.82, 2.24) is 3.43 Å². The van der Waals surface area contributed by atoms with Crippen molar-refractivity contribution in [3.05, 3.63) is 0 Å². The normalized spacial score (nSPS) is 10.2. The summed E-state index contributed by atoms with van der Waals surface area (Å²) in [7, 11) is 98.9. The molecule has 0 aromatic rings. The second kappa shape index (κ2) is 17.5. The Bertz CT molecular complexity index is 510. The van der Waals surface area contributed by atoms with Crippen LogP contribution in [-0.4, -0.2) is 227 Å². The largest absolute Gasteiger partial charge is 0.690 e. The van der Waals surface area contributed by atoms with Crippen LogP contribution in [0.15, 0.2) is 0 Å². The monoisotopic (exact) mass is 496 g/mol. The van der Waals surface area contributed by atoms with E-state index in [1.165, 1.54) is 7.06 Å². The molecule has 0 fully saturated rings. The maximum Gasteiger partial charge on any atom is 0.129 e. The van der Waals surface area contributed by atoms with Crippen LogP contribution in [0.25, 0.3) is 0 Å². The minimum absolute atomic E-state index is 0.878. The average Bonchev–Trinajstić information content (AvgIpc) is 2.65. The Hall–Kier alpha value is 2.77. The van der Waals surface area contributed by atoms with Gasteiger partial charge in [-0.1, -0.05) is 0 Å². The van der Waals surface area contributed by atoms with Crippen molar-refractivity contribution in [1.29, 1.82) is 0 Å². The molecule has 0 unspecified atom stereocenters. The van der Waals surface area contributed by atoms with Crippen molar-refractivity contribution in [2.24, 2.45) is 0 Å². The van der Waals surface area contributed by atoms with E-state index < -0.39 is 96.0 Å². The maximum atomic E-state index is 8.72. The van der Waals surface area contributed by atoms with Crippen molar-refractivity contribution in [3.8, 4) is 0 Å². The predicted molar refractivity (Wildman–Crippen MR) is 201 cm³/mol. The molecule has 0 spiro atoms. The minimum atomic E-state index is -1.12. The van der Waals surface area contributed by atoms with Crippen molar-refractivity contribution in [3.63, 3.8) is 0 Å². The first-order valence-electron chi connectivity index (χ1n) is 11.2. The molecular formula is HB32IN-2. The van der Waals surface area contributed by atoms with Crippen LogP contribution in [-0.2, 0) is 0 Å². The molecule has 35 radical (unpaired) electrons. The number of hydrogen-bond acceptors (Lipinski definition) is 1. The zero-order valence-corrected chi connectivity index (χ0v) is 21.5. The molecule has 34 heteroatoms. The first-order valence-corrected chi connectivity index (χ1v) is 11.7. The molecule has 1 nitrogen and oxygen atoms in total. The third-order valence-electron chi connectivity index (χ3n) is 6.46. The summed E-state index contributed by atoms with van der Waals surface area (Å²) in [5, 5.41) is 0. The van der Waals surface area contributed by atoms with Gasteiger partial charge in [0.2, 0.25) is 0 Å². The van der Waals surface area contributed by atoms with Gasteiger partial charge in [0.1, 0.15) is 8.04 Å². The van der Waals surface area contributed by atoms with Crippen LogP contribution >= 0.6 is 22.9 Å². The van der Waals surface area contributed by atoms with Gasteiger partial charge in [-0.05, 0) is 78.3 Å². The van der Waals surface area contributed by atoms with E-state index in [4.69, 9.17) is 125 Å². The van der Waals surface area contributed by atoms with Gasteiger partial charge in [-0.15, -0.1) is 0 Å². The molecule has 0 saturated heterocycles. The van der Waals surface area contributed by atoms with Gasteiger partial charge in [0.15, 0.2) is 0 Å². The lowest BCUT2D eigenvalue weighted by Gasteiger charge is -2.51. The van der Waals surface area contributed by atoms with Crippen LogP contribution in [0.3, 0.4) is 0 Å². The predicted octanol–water partition coefficient (Wildman–Crippen LogP) is -11.8. The number of rotatable bonds is 16. The highest BCUT2D eigenvalue weighted by molar-refractivity contribution is 14.1. The van der Waals surface area contributed by atoms with Crippen molar-refractivity contribution < 1.29 is 1.41 Å². The van der Waals surface area contributed by atoms with E-state index in [0.717, 1.165) is 3.43 Å². The lowest BCUT2D eigenvalue weighted by Crippen LogP contribution is -2.89. The third-order valence-corrected chi connectivity index (χ3v) is 7.10. The summed E-state index contributed by atoms with van der Waals surface area (Å²) in [6, 6.07) is 0. The van der Waals surface area contributed by atoms with Gasteiger partial charge >= 0.3 is 0 Å². The van der Waals surface area contributed by atoms with Gasteiger partial charge in [0.25, 0.3) is 0 Å². The van der Waals surface area contributed by atoms with E-state index in [-0.39, 0.29) is 0 Å². The highest BCUT2D eigenvalue weighted by atomic mass is 127. The summed E-state index contributed by atoms with van der Waals surface area (Å²) < 4.78 is 9.76. The molecule has 111 valence electrons. The highest BCUT2D eigenvalue weighted by Gasteiger charge is 2.53. The number of nitrogens with one attached hydrogen (secondary N) is 1. The van der Waals surface area contributed by atoms with E-state index in [1.807, 2.05) is 0 Å². The van der Waals surface area contributed by atoms with Crippen molar-refractivity contribution in [2.75, 3.05) is 0 Å². The summed E-state index contributed by atoms with van der Waals surface area (Å²) in [6.07, 6.45) is -14.2. The molecule has 1 N–H and O–H groups in total. The van der Waals surface area contributed by atoms with Crippen LogP contribution in [0.5, 0.6) is 0 Å². The van der Waals surface area contributed by atoms with E-state index in [1.54, 1.807) is 22.9 Å². The molecule has 0 aromatic carbocycles. The Morgan fingerprint density at radius 1 is 0.559 bits per heavy atom. The van der Waals surface area contributed by atoms with Gasteiger partial charge < -0.3 is 18.9 Å². The van der Waals surface area contributed by atoms with E-state index in [0.29, 0.717) is 0 Å². The molecule has 0 atom stereocenters. The Balaban J connectivity index is 7.56. The lowest BCUT2D eigenvalue weighted by molar-refractivity contribution is 1.79. The first kappa shape index (κ1) is 34.8. The molecule has 0 heterocycles. The van der Waals surface area contributed by atoms with Crippen LogP contribution in [0.2, 0.25) is 1.41 Å². The lowest BCUT2D eigenvalue weighted by atomic mass is 8.35. The van der Waals surface area contributed by atoms with E-state index in [2.05, 4.69) is 0 Å². The SMILES string of the molecule is [3H]N(I)B(B(B(B([B])[B])B([B])[B])B(B([B])[B])B([B])[B-])B(B(B([B])[B])B([B])[B])B(B([B])[B])B([B])[B][B-]. The molecule has 0 aromatic heterocycles. The second-order valence-corrected chi connectivity index (χ2v) is 9.42. The fraction of sp³-hybridized carbons (Fsp3) is 0. The van der Waals surface area contributed by atoms with E-state index >= 15 is 0 Å². The molecule has 0 aliphatic heterocycles. The Morgan fingerprint density at radius 3 is 1.06 bits per heavy atom. The minimum Gasteiger partial charge on any atom is -0.690 e. The summed E-state index contributed by atoms with van der Waals surface area (Å²) in [4.78, 5) is 0. The molecule has 0 bridgehead atoms. The van der Waals surface area contributed by atoms with Crippen LogP contribution < -0.4 is 3.43 Å². The molecular weight excluding hydrogens is 487 g/mol. The quantitative estimate of drug-likeness (QED) is 0.129. The van der Waals surface area contributed by atoms with E-state index in [9.17, 15) is 0 Å². The topological polar surface area (TPSA) is 12.0 Å². The zero-order valence-electron chi connectivity index (χ0n) is 20.3. The van der Waals surface area contributed by atoms with Crippen LogP contribution in [0.4, 0.5) is 0 Å². The van der Waals surface area contributed by atoms with Gasteiger partial charge in [0, 0.05) is 136 Å². The number of halogens is 1. The van der Waals surface area contributed by atoms with Gasteiger partial charge in [-0.25, -0.2) is 6.39 Å². The van der Waals surface area contributed by atoms with Gasteiger partial charge in [0.05, 0.1) is 0 Å². The highest BCUT2D eigenvalue weighted by Crippen LogP contribution is 2.14. The summed E-state index contributed by atoms with van der Waals surface area (Å²) in [5.41, 5.74) is 0. The molecule has 0 aliphatic rings. The smallest absolute Gasteiger partial charge is 0.129 e. The molecule has 0 rings (SSSR count). The molecule has 0 saturated carbocycles. The second-order valence-electron chi connectivity index (χ2n) is 8.86. The summed E-state index contributed by atoms with van der Waals surface area (Å²) in [5.74, 6) is 0. The zero-order chi connectivity index (χ0) is 27.9. The summed E-state index contributed by atoms with van der Waals surface area (Å²) in [6.45, 7) is -1.03. The molecule has 0 amide bonds. The van der Waals surface area contributed by atoms with Crippen LogP contribution in [0, 0.1) is 0 Å². The Morgan fingerprint density at radius 2 is 0.853 bits per heavy atom. The summed E-state index contributed by atoms with van der Waals surface area (Å²) >= 11 is 1.71. The Labute approximate surface area is 252 Å². The molecule has 34 heavy (non-hydrogen) atoms. The average molecular weight is 490 g/mol. The van der Waals surface area contributed by atoms with Crippen molar-refractivity contribution in [2.45, 2.75) is 0 Å². The standard InChI is InChI=1S/B32HIN/c1-17-25(16)29(24(14)15)31(28(22(10)11)23(12)13)32(34-33)30(26(18(2)3)19(4)5)27(20(6)7)21(8)9/h34H/q-2/i/hT.